The zero-order valence-electron chi connectivity index (χ0n) is 18.1. The van der Waals surface area contributed by atoms with Crippen LogP contribution in [0.15, 0.2) is 77.4 Å². The molecule has 0 bridgehead atoms. The topological polar surface area (TPSA) is 66.5 Å². The van der Waals surface area contributed by atoms with Gasteiger partial charge in [-0.1, -0.05) is 30.3 Å². The molecule has 0 unspecified atom stereocenters. The molecule has 4 N–H and O–H groups in total. The Labute approximate surface area is 183 Å². The summed E-state index contributed by atoms with van der Waals surface area (Å²) in [5.74, 6) is 0.868. The highest BCUT2D eigenvalue weighted by atomic mass is 16.3. The van der Waals surface area contributed by atoms with Gasteiger partial charge < -0.3 is 24.9 Å². The van der Waals surface area contributed by atoms with Gasteiger partial charge in [0.25, 0.3) is 5.91 Å². The number of quaternary nitrogens is 2. The van der Waals surface area contributed by atoms with Crippen molar-refractivity contribution < 1.29 is 19.4 Å². The maximum Gasteiger partial charge on any atom is 0.279 e. The Morgan fingerprint density at radius 1 is 1.06 bits per heavy atom. The van der Waals surface area contributed by atoms with E-state index in [2.05, 4.69) is 52.7 Å². The van der Waals surface area contributed by atoms with Gasteiger partial charge in [0.05, 0.1) is 32.4 Å². The van der Waals surface area contributed by atoms with Crippen molar-refractivity contribution in [2.45, 2.75) is 19.5 Å². The molecule has 6 nitrogen and oxygen atoms in total. The van der Waals surface area contributed by atoms with E-state index in [0.717, 1.165) is 44.2 Å². The molecule has 0 saturated carbocycles. The molecule has 1 fully saturated rings. The van der Waals surface area contributed by atoms with Crippen molar-refractivity contribution in [3.8, 4) is 0 Å². The highest BCUT2D eigenvalue weighted by molar-refractivity contribution is 5.91. The lowest BCUT2D eigenvalue weighted by Crippen LogP contribution is -3.13. The molecule has 6 heteroatoms. The van der Waals surface area contributed by atoms with E-state index in [1.54, 1.807) is 11.2 Å². The van der Waals surface area contributed by atoms with Gasteiger partial charge in [0, 0.05) is 16.9 Å². The van der Waals surface area contributed by atoms with Crippen molar-refractivity contribution in [2.24, 2.45) is 0 Å². The first-order chi connectivity index (χ1) is 15.2. The van der Waals surface area contributed by atoms with Gasteiger partial charge >= 0.3 is 0 Å². The molecular weight excluding hydrogens is 388 g/mol. The molecule has 4 rings (SSSR count). The molecule has 1 atom stereocenters. The average Bonchev–Trinajstić information content (AvgIpc) is 3.35. The Hall–Kier alpha value is -3.09. The smallest absolute Gasteiger partial charge is 0.279 e. The van der Waals surface area contributed by atoms with Gasteiger partial charge in [-0.2, -0.15) is 0 Å². The maximum atomic E-state index is 12.3. The van der Waals surface area contributed by atoms with Crippen molar-refractivity contribution in [2.75, 3.05) is 42.9 Å². The summed E-state index contributed by atoms with van der Waals surface area (Å²) in [6, 6.07) is 22.8. The van der Waals surface area contributed by atoms with Crippen molar-refractivity contribution in [3.05, 3.63) is 84.3 Å². The fourth-order valence-corrected chi connectivity index (χ4v) is 4.06. The highest BCUT2D eigenvalue weighted by Crippen LogP contribution is 2.18. The minimum atomic E-state index is -0.00992. The summed E-state index contributed by atoms with van der Waals surface area (Å²) in [7, 11) is 0. The van der Waals surface area contributed by atoms with Gasteiger partial charge in [0.1, 0.15) is 12.6 Å². The van der Waals surface area contributed by atoms with Crippen LogP contribution < -0.4 is 20.4 Å². The molecule has 1 amide bonds. The second-order valence-corrected chi connectivity index (χ2v) is 8.24. The number of nitrogens with one attached hydrogen (secondary N) is 2. The lowest BCUT2D eigenvalue weighted by Gasteiger charge is -2.33. The Morgan fingerprint density at radius 3 is 2.48 bits per heavy atom. The molecule has 3 aromatic rings. The number of rotatable bonds is 8. The highest BCUT2D eigenvalue weighted by Gasteiger charge is 2.20. The van der Waals surface area contributed by atoms with E-state index in [4.69, 9.17) is 4.42 Å². The summed E-state index contributed by atoms with van der Waals surface area (Å²) >= 11 is 0. The van der Waals surface area contributed by atoms with E-state index >= 15 is 0 Å². The van der Waals surface area contributed by atoms with Crippen LogP contribution in [0.2, 0.25) is 0 Å². The van der Waals surface area contributed by atoms with Crippen LogP contribution in [0.25, 0.3) is 0 Å². The number of benzene rings is 2. The van der Waals surface area contributed by atoms with Crippen molar-refractivity contribution in [1.29, 1.82) is 0 Å². The first kappa shape index (κ1) is 21.2. The monoisotopic (exact) mass is 420 g/mol. The number of amides is 1. The predicted molar refractivity (Wildman–Crippen MR) is 122 cm³/mol. The lowest BCUT2D eigenvalue weighted by atomic mass is 10.2. The number of nitrogens with two attached hydrogens (primary N) is 1. The number of anilines is 2. The number of piperazine rings is 1. The normalized spacial score (nSPS) is 15.6. The van der Waals surface area contributed by atoms with Crippen LogP contribution in [0.4, 0.5) is 11.4 Å². The molecule has 0 spiro atoms. The van der Waals surface area contributed by atoms with Crippen molar-refractivity contribution >= 4 is 17.3 Å². The van der Waals surface area contributed by atoms with E-state index in [1.807, 2.05) is 36.5 Å². The molecule has 162 valence electrons. The minimum Gasteiger partial charge on any atom is -0.463 e. The van der Waals surface area contributed by atoms with Gasteiger partial charge in [-0.3, -0.25) is 4.79 Å². The number of nitrogens with zero attached hydrogens (tertiary/aromatic N) is 1. The van der Waals surface area contributed by atoms with Crippen LogP contribution in [0.1, 0.15) is 24.3 Å². The summed E-state index contributed by atoms with van der Waals surface area (Å²) in [5, 5.41) is 4.96. The molecule has 1 aliphatic heterocycles. The Kier molecular flexibility index (Phi) is 7.02. The molecule has 2 heterocycles. The molecule has 0 radical (unpaired) electrons. The van der Waals surface area contributed by atoms with E-state index < -0.39 is 0 Å². The largest absolute Gasteiger partial charge is 0.463 e. The van der Waals surface area contributed by atoms with Gasteiger partial charge in [0.15, 0.2) is 12.3 Å². The molecule has 1 aromatic heterocycles. The number of furan rings is 1. The maximum absolute atomic E-state index is 12.3. The average molecular weight is 421 g/mol. The van der Waals surface area contributed by atoms with Crippen LogP contribution in [0.5, 0.6) is 0 Å². The zero-order chi connectivity index (χ0) is 21.5. The Balaban J connectivity index is 1.21. The lowest BCUT2D eigenvalue weighted by molar-refractivity contribution is -0.914. The van der Waals surface area contributed by atoms with Gasteiger partial charge in [-0.15, -0.1) is 0 Å². The number of hydrogen-bond donors (Lipinski definition) is 3. The van der Waals surface area contributed by atoms with Gasteiger partial charge in [-0.05, 0) is 43.3 Å². The number of carbonyl (C=O) groups is 1. The second-order valence-electron chi connectivity index (χ2n) is 8.24. The summed E-state index contributed by atoms with van der Waals surface area (Å²) in [6.07, 6.45) is 1.66. The number of hydrogen-bond acceptors (Lipinski definition) is 3. The van der Waals surface area contributed by atoms with Crippen molar-refractivity contribution in [1.82, 2.24) is 0 Å². The summed E-state index contributed by atoms with van der Waals surface area (Å²) in [6.45, 7) is 7.85. The molecular formula is C25H32N4O2+2. The fourth-order valence-electron chi connectivity index (χ4n) is 4.06. The van der Waals surface area contributed by atoms with Crippen LogP contribution in [0, 0.1) is 0 Å². The summed E-state index contributed by atoms with van der Waals surface area (Å²) < 4.78 is 5.38. The van der Waals surface area contributed by atoms with Crippen LogP contribution in [-0.2, 0) is 11.3 Å². The minimum absolute atomic E-state index is 0.00992. The van der Waals surface area contributed by atoms with Crippen LogP contribution in [0.3, 0.4) is 0 Å². The third kappa shape index (κ3) is 5.96. The number of carbonyl (C=O) groups excluding carboxylic acids is 1. The molecule has 0 aliphatic carbocycles. The van der Waals surface area contributed by atoms with Gasteiger partial charge in [0.2, 0.25) is 0 Å². The third-order valence-corrected chi connectivity index (χ3v) is 5.93. The Bertz CT molecular complexity index is 933. The fraction of sp³-hybridized carbons (Fsp3) is 0.320. The first-order valence-corrected chi connectivity index (χ1v) is 11.1. The SMILES string of the molecule is C[C@@H]([NH2+]CC(=O)Nc1ccc(N2CC[NH+](Cc3ccccc3)CC2)cc1)c1ccco1. The van der Waals surface area contributed by atoms with E-state index in [0.29, 0.717) is 6.54 Å². The third-order valence-electron chi connectivity index (χ3n) is 5.93. The summed E-state index contributed by atoms with van der Waals surface area (Å²) in [4.78, 5) is 16.3. The quantitative estimate of drug-likeness (QED) is 0.517. The molecule has 1 aliphatic rings. The summed E-state index contributed by atoms with van der Waals surface area (Å²) in [5.41, 5.74) is 3.46. The first-order valence-electron chi connectivity index (χ1n) is 11.1. The molecule has 2 aromatic carbocycles. The van der Waals surface area contributed by atoms with Crippen molar-refractivity contribution in [3.63, 3.8) is 0 Å². The van der Waals surface area contributed by atoms with Crippen LogP contribution >= 0.6 is 0 Å². The van der Waals surface area contributed by atoms with E-state index in [-0.39, 0.29) is 11.9 Å². The Morgan fingerprint density at radius 2 is 1.81 bits per heavy atom. The van der Waals surface area contributed by atoms with E-state index in [9.17, 15) is 4.79 Å². The van der Waals surface area contributed by atoms with Crippen LogP contribution in [-0.4, -0.2) is 38.6 Å². The van der Waals surface area contributed by atoms with E-state index in [1.165, 1.54) is 11.3 Å². The second kappa shape index (κ2) is 10.3. The zero-order valence-corrected chi connectivity index (χ0v) is 18.1. The predicted octanol–water partition coefficient (Wildman–Crippen LogP) is 1.45. The molecule has 1 saturated heterocycles. The van der Waals surface area contributed by atoms with Gasteiger partial charge in [-0.25, -0.2) is 0 Å². The molecule has 31 heavy (non-hydrogen) atoms. The standard InChI is InChI=1S/C25H30N4O2/c1-20(24-8-5-17-31-24)26-18-25(30)27-22-9-11-23(12-10-22)29-15-13-28(14-16-29)19-21-6-3-2-4-7-21/h2-12,17,20,26H,13-16,18-19H2,1H3,(H,27,30)/p+2/t20-/m1/s1.